The fourth-order valence-electron chi connectivity index (χ4n) is 3.37. The molecule has 7 heteroatoms. The van der Waals surface area contributed by atoms with E-state index in [9.17, 15) is 13.2 Å². The lowest BCUT2D eigenvalue weighted by molar-refractivity contribution is -0.119. The lowest BCUT2D eigenvalue weighted by atomic mass is 10.0. The molecule has 1 unspecified atom stereocenters. The van der Waals surface area contributed by atoms with Crippen molar-refractivity contribution in [3.8, 4) is 0 Å². The second kappa shape index (κ2) is 7.56. The molecule has 0 fully saturated rings. The lowest BCUT2D eigenvalue weighted by Gasteiger charge is -2.20. The summed E-state index contributed by atoms with van der Waals surface area (Å²) in [6, 6.07) is 13.7. The summed E-state index contributed by atoms with van der Waals surface area (Å²) in [5, 5.41) is 1.75. The van der Waals surface area contributed by atoms with Gasteiger partial charge in [-0.2, -0.15) is 0 Å². The lowest BCUT2D eigenvalue weighted by Crippen LogP contribution is -2.43. The SMILES string of the molecule is CC(=O)C(NS(=O)(=O)c1ccc(CC2(C)N=c3ccccc3=N2)cc1)C(C)C. The summed E-state index contributed by atoms with van der Waals surface area (Å²) in [5.74, 6) is -0.328. The summed E-state index contributed by atoms with van der Waals surface area (Å²) in [5.41, 5.74) is 0.341. The largest absolute Gasteiger partial charge is 0.298 e. The predicted octanol–water partition coefficient (Wildman–Crippen LogP) is 1.79. The summed E-state index contributed by atoms with van der Waals surface area (Å²) in [6.45, 7) is 6.97. The predicted molar refractivity (Wildman–Crippen MR) is 107 cm³/mol. The van der Waals surface area contributed by atoms with E-state index in [1.54, 1.807) is 24.3 Å². The van der Waals surface area contributed by atoms with Gasteiger partial charge in [0.2, 0.25) is 10.0 Å². The Morgan fingerprint density at radius 2 is 1.57 bits per heavy atom. The van der Waals surface area contributed by atoms with E-state index in [1.165, 1.54) is 6.92 Å². The number of carbonyl (C=O) groups excluding carboxylic acids is 1. The zero-order valence-corrected chi connectivity index (χ0v) is 17.3. The van der Waals surface area contributed by atoms with E-state index in [0.29, 0.717) is 6.42 Å². The van der Waals surface area contributed by atoms with Crippen molar-refractivity contribution in [2.24, 2.45) is 15.9 Å². The molecule has 0 amide bonds. The van der Waals surface area contributed by atoms with Gasteiger partial charge in [0.25, 0.3) is 0 Å². The molecule has 2 aromatic rings. The molecular formula is C21H25N3O3S. The maximum Gasteiger partial charge on any atom is 0.241 e. The first-order chi connectivity index (χ1) is 13.1. The highest BCUT2D eigenvalue weighted by Gasteiger charge is 2.27. The van der Waals surface area contributed by atoms with E-state index in [1.807, 2.05) is 45.0 Å². The number of nitrogens with zero attached hydrogens (tertiary/aromatic N) is 2. The van der Waals surface area contributed by atoms with Gasteiger partial charge in [0.15, 0.2) is 5.66 Å². The smallest absolute Gasteiger partial charge is 0.241 e. The Labute approximate surface area is 165 Å². The molecule has 148 valence electrons. The minimum Gasteiger partial charge on any atom is -0.298 e. The van der Waals surface area contributed by atoms with Crippen LogP contribution in [0.5, 0.6) is 0 Å². The van der Waals surface area contributed by atoms with Crippen molar-refractivity contribution < 1.29 is 13.2 Å². The van der Waals surface area contributed by atoms with Crippen LogP contribution in [0, 0.1) is 5.92 Å². The van der Waals surface area contributed by atoms with E-state index in [-0.39, 0.29) is 16.6 Å². The van der Waals surface area contributed by atoms with E-state index >= 15 is 0 Å². The first-order valence-corrected chi connectivity index (χ1v) is 10.7. The molecule has 0 bridgehead atoms. The van der Waals surface area contributed by atoms with Crippen LogP contribution in [-0.2, 0) is 21.2 Å². The Hall–Kier alpha value is -2.38. The molecule has 0 saturated heterocycles. The topological polar surface area (TPSA) is 88.0 Å². The number of rotatable bonds is 7. The number of nitrogens with one attached hydrogen (secondary N) is 1. The Morgan fingerprint density at radius 1 is 1.04 bits per heavy atom. The van der Waals surface area contributed by atoms with Gasteiger partial charge in [-0.25, -0.2) is 13.1 Å². The highest BCUT2D eigenvalue weighted by atomic mass is 32.2. The number of sulfonamides is 1. The molecule has 1 aliphatic heterocycles. The summed E-state index contributed by atoms with van der Waals surface area (Å²) in [7, 11) is -3.77. The molecule has 0 spiro atoms. The van der Waals surface area contributed by atoms with Crippen LogP contribution in [0.4, 0.5) is 0 Å². The normalized spacial score (nSPS) is 16.2. The van der Waals surface area contributed by atoms with Crippen LogP contribution in [0.2, 0.25) is 0 Å². The number of carbonyl (C=O) groups is 1. The molecule has 1 heterocycles. The molecule has 1 aliphatic rings. The molecule has 0 aromatic heterocycles. The van der Waals surface area contributed by atoms with Crippen molar-refractivity contribution in [3.63, 3.8) is 0 Å². The number of benzene rings is 2. The number of Topliss-reactive ketones (excluding diaryl/α,β-unsaturated/α-hetero) is 1. The number of para-hydroxylation sites is 2. The van der Waals surface area contributed by atoms with E-state index in [0.717, 1.165) is 16.3 Å². The monoisotopic (exact) mass is 399 g/mol. The minimum atomic E-state index is -3.77. The van der Waals surface area contributed by atoms with E-state index < -0.39 is 21.7 Å². The van der Waals surface area contributed by atoms with Gasteiger partial charge in [-0.3, -0.25) is 14.8 Å². The van der Waals surface area contributed by atoms with Crippen LogP contribution in [0.1, 0.15) is 33.3 Å². The van der Waals surface area contributed by atoms with Crippen LogP contribution in [0.15, 0.2) is 63.4 Å². The van der Waals surface area contributed by atoms with Crippen molar-refractivity contribution in [1.29, 1.82) is 0 Å². The van der Waals surface area contributed by atoms with Crippen LogP contribution in [-0.4, -0.2) is 25.9 Å². The van der Waals surface area contributed by atoms with E-state index in [4.69, 9.17) is 9.98 Å². The molecule has 0 radical (unpaired) electrons. The third-order valence-corrected chi connectivity index (χ3v) is 6.22. The first-order valence-electron chi connectivity index (χ1n) is 9.26. The Balaban J connectivity index is 1.78. The molecule has 0 saturated carbocycles. The Kier molecular flexibility index (Phi) is 5.50. The molecule has 3 rings (SSSR count). The maximum absolute atomic E-state index is 12.6. The fourth-order valence-corrected chi connectivity index (χ4v) is 4.78. The van der Waals surface area contributed by atoms with Crippen LogP contribution >= 0.6 is 0 Å². The number of hydrogen-bond acceptors (Lipinski definition) is 5. The molecule has 28 heavy (non-hydrogen) atoms. The summed E-state index contributed by atoms with van der Waals surface area (Å²) in [4.78, 5) is 21.2. The van der Waals surface area contributed by atoms with E-state index in [2.05, 4.69) is 4.72 Å². The van der Waals surface area contributed by atoms with Gasteiger partial charge < -0.3 is 0 Å². The van der Waals surface area contributed by atoms with Crippen molar-refractivity contribution in [3.05, 3.63) is 64.8 Å². The average Bonchev–Trinajstić information content (AvgIpc) is 2.95. The fraction of sp³-hybridized carbons (Fsp3) is 0.381. The second-order valence-corrected chi connectivity index (χ2v) is 9.42. The first kappa shape index (κ1) is 20.4. The Bertz CT molecular complexity index is 1070. The number of ketones is 1. The number of hydrogen-bond donors (Lipinski definition) is 1. The quantitative estimate of drug-likeness (QED) is 0.770. The van der Waals surface area contributed by atoms with Crippen LogP contribution in [0.3, 0.4) is 0 Å². The van der Waals surface area contributed by atoms with Crippen molar-refractivity contribution >= 4 is 15.8 Å². The van der Waals surface area contributed by atoms with Gasteiger partial charge >= 0.3 is 0 Å². The molecule has 1 atom stereocenters. The zero-order valence-electron chi connectivity index (χ0n) is 16.5. The minimum absolute atomic E-state index is 0.126. The molecule has 0 aliphatic carbocycles. The van der Waals surface area contributed by atoms with Crippen LogP contribution < -0.4 is 15.4 Å². The highest BCUT2D eigenvalue weighted by Crippen LogP contribution is 2.21. The highest BCUT2D eigenvalue weighted by molar-refractivity contribution is 7.89. The molecule has 1 N–H and O–H groups in total. The molecular weight excluding hydrogens is 374 g/mol. The summed E-state index contributed by atoms with van der Waals surface area (Å²) < 4.78 is 27.7. The molecule has 6 nitrogen and oxygen atoms in total. The van der Waals surface area contributed by atoms with Gasteiger partial charge in [-0.1, -0.05) is 38.1 Å². The van der Waals surface area contributed by atoms with Gasteiger partial charge in [0.1, 0.15) is 5.78 Å². The van der Waals surface area contributed by atoms with Gasteiger partial charge in [-0.05, 0) is 49.6 Å². The van der Waals surface area contributed by atoms with Crippen LogP contribution in [0.25, 0.3) is 0 Å². The van der Waals surface area contributed by atoms with Crippen molar-refractivity contribution in [2.45, 2.75) is 50.7 Å². The average molecular weight is 400 g/mol. The summed E-state index contributed by atoms with van der Waals surface area (Å²) >= 11 is 0. The number of fused-ring (bicyclic) bond motifs is 1. The van der Waals surface area contributed by atoms with Gasteiger partial charge in [0.05, 0.1) is 21.7 Å². The third-order valence-electron chi connectivity index (χ3n) is 4.76. The van der Waals surface area contributed by atoms with Crippen molar-refractivity contribution in [2.75, 3.05) is 0 Å². The standard InChI is InChI=1S/C21H25N3O3S/c1-14(2)20(15(3)25)24-28(26,27)17-11-9-16(10-12-17)13-21(4)22-18-7-5-6-8-19(18)23-21/h5-12,14,20,24H,13H2,1-4H3. The second-order valence-electron chi connectivity index (χ2n) is 7.70. The van der Waals surface area contributed by atoms with Gasteiger partial charge in [0, 0.05) is 6.42 Å². The third kappa shape index (κ3) is 4.36. The van der Waals surface area contributed by atoms with Gasteiger partial charge in [-0.15, -0.1) is 0 Å². The Morgan fingerprint density at radius 3 is 2.04 bits per heavy atom. The summed E-state index contributed by atoms with van der Waals surface area (Å²) in [6.07, 6.45) is 0.567. The maximum atomic E-state index is 12.6. The van der Waals surface area contributed by atoms with Crippen molar-refractivity contribution in [1.82, 2.24) is 4.72 Å². The molecule has 2 aromatic carbocycles. The zero-order chi connectivity index (χ0) is 20.5.